The van der Waals surface area contributed by atoms with E-state index in [9.17, 15) is 0 Å². The lowest BCUT2D eigenvalue weighted by Crippen LogP contribution is -2.46. The van der Waals surface area contributed by atoms with E-state index in [1.54, 1.807) is 0 Å². The van der Waals surface area contributed by atoms with Crippen LogP contribution in [0.25, 0.3) is 17.0 Å². The molecule has 176 valence electrons. The highest BCUT2D eigenvalue weighted by Gasteiger charge is 2.34. The first-order valence-electron chi connectivity index (χ1n) is 12.0. The maximum atomic E-state index is 5.87. The van der Waals surface area contributed by atoms with Gasteiger partial charge in [-0.15, -0.1) is 0 Å². The Labute approximate surface area is 211 Å². The van der Waals surface area contributed by atoms with Crippen molar-refractivity contribution in [2.24, 2.45) is 0 Å². The van der Waals surface area contributed by atoms with Crippen LogP contribution >= 0.6 is 12.2 Å². The van der Waals surface area contributed by atoms with Gasteiger partial charge in [0.25, 0.3) is 5.89 Å². The molecule has 1 atom stereocenters. The number of thiocarbonyl (C=S) groups is 1. The second-order valence-electron chi connectivity index (χ2n) is 8.62. The number of allylic oxidation sites excluding steroid dienone is 1. The second-order valence-corrected chi connectivity index (χ2v) is 9.01. The van der Waals surface area contributed by atoms with Gasteiger partial charge in [-0.05, 0) is 60.8 Å². The molecule has 1 unspecified atom stereocenters. The van der Waals surface area contributed by atoms with E-state index in [0.717, 1.165) is 40.9 Å². The molecule has 1 aromatic heterocycles. The molecule has 0 spiro atoms. The van der Waals surface area contributed by atoms with Crippen LogP contribution in [-0.2, 0) is 12.8 Å². The molecule has 5 rings (SSSR count). The van der Waals surface area contributed by atoms with Crippen LogP contribution in [0.15, 0.2) is 89.1 Å². The van der Waals surface area contributed by atoms with Gasteiger partial charge in [0.1, 0.15) is 0 Å². The molecule has 2 heterocycles. The fourth-order valence-electron chi connectivity index (χ4n) is 4.44. The van der Waals surface area contributed by atoms with E-state index in [1.165, 1.54) is 11.1 Å². The standard InChI is InChI=1S/C29H28N4OS/c1-4-20-11-15-22(16-12-20)26-25(28-31-27(32-34-28)23-9-7-6-8-10-23)19(3)33(29(35)30-26)24-17-13-21(5-2)14-18-24/h6-18,26H,4-5H2,1-3H3,(H,30,35). The average molecular weight is 481 g/mol. The van der Waals surface area contributed by atoms with Crippen molar-refractivity contribution in [3.63, 3.8) is 0 Å². The number of benzene rings is 3. The predicted octanol–water partition coefficient (Wildman–Crippen LogP) is 6.73. The third kappa shape index (κ3) is 4.49. The second kappa shape index (κ2) is 9.84. The zero-order valence-electron chi connectivity index (χ0n) is 20.2. The first kappa shape index (κ1) is 23.0. The Kier molecular flexibility index (Phi) is 6.47. The van der Waals surface area contributed by atoms with E-state index in [1.807, 2.05) is 35.2 Å². The average Bonchev–Trinajstić information content (AvgIpc) is 3.39. The SMILES string of the molecule is CCc1ccc(C2NC(=S)N(c3ccc(CC)cc3)C(C)=C2c2nc(-c3ccccc3)no2)cc1. The number of rotatable bonds is 6. The van der Waals surface area contributed by atoms with E-state index in [2.05, 4.69) is 79.8 Å². The Balaban J connectivity index is 1.63. The smallest absolute Gasteiger partial charge is 0.258 e. The highest BCUT2D eigenvalue weighted by atomic mass is 32.1. The van der Waals surface area contributed by atoms with Crippen LogP contribution in [0.4, 0.5) is 5.69 Å². The molecule has 0 amide bonds. The van der Waals surface area contributed by atoms with Crippen LogP contribution < -0.4 is 10.2 Å². The van der Waals surface area contributed by atoms with Crippen molar-refractivity contribution < 1.29 is 4.52 Å². The van der Waals surface area contributed by atoms with Crippen molar-refractivity contribution in [1.82, 2.24) is 15.5 Å². The van der Waals surface area contributed by atoms with Crippen LogP contribution in [0.2, 0.25) is 0 Å². The molecule has 0 aliphatic carbocycles. The highest BCUT2D eigenvalue weighted by molar-refractivity contribution is 7.80. The highest BCUT2D eigenvalue weighted by Crippen LogP contribution is 2.39. The van der Waals surface area contributed by atoms with Crippen molar-refractivity contribution in [2.75, 3.05) is 4.90 Å². The molecule has 1 aliphatic heterocycles. The maximum Gasteiger partial charge on any atom is 0.258 e. The minimum absolute atomic E-state index is 0.205. The van der Waals surface area contributed by atoms with Crippen LogP contribution in [0.3, 0.4) is 0 Å². The molecule has 0 saturated carbocycles. The van der Waals surface area contributed by atoms with Gasteiger partial charge in [-0.25, -0.2) is 0 Å². The lowest BCUT2D eigenvalue weighted by molar-refractivity contribution is 0.404. The van der Waals surface area contributed by atoms with Crippen molar-refractivity contribution >= 4 is 28.6 Å². The van der Waals surface area contributed by atoms with Crippen molar-refractivity contribution in [3.05, 3.63) is 107 Å². The molecule has 6 heteroatoms. The summed E-state index contributed by atoms with van der Waals surface area (Å²) in [5.74, 6) is 1.05. The van der Waals surface area contributed by atoms with Gasteiger partial charge >= 0.3 is 0 Å². The van der Waals surface area contributed by atoms with Gasteiger partial charge in [-0.3, -0.25) is 4.90 Å². The van der Waals surface area contributed by atoms with Gasteiger partial charge in [-0.2, -0.15) is 4.98 Å². The molecular formula is C29H28N4OS. The fourth-order valence-corrected chi connectivity index (χ4v) is 4.81. The van der Waals surface area contributed by atoms with E-state index < -0.39 is 0 Å². The van der Waals surface area contributed by atoms with Gasteiger partial charge in [0, 0.05) is 16.9 Å². The van der Waals surface area contributed by atoms with E-state index in [-0.39, 0.29) is 6.04 Å². The molecule has 35 heavy (non-hydrogen) atoms. The molecule has 0 saturated heterocycles. The van der Waals surface area contributed by atoms with Crippen LogP contribution in [0.1, 0.15) is 49.4 Å². The first-order valence-corrected chi connectivity index (χ1v) is 12.4. The molecule has 0 bridgehead atoms. The lowest BCUT2D eigenvalue weighted by Gasteiger charge is -2.37. The van der Waals surface area contributed by atoms with Gasteiger partial charge in [0.05, 0.1) is 11.6 Å². The zero-order chi connectivity index (χ0) is 24.4. The molecule has 0 fully saturated rings. The van der Waals surface area contributed by atoms with Crippen LogP contribution in [-0.4, -0.2) is 15.3 Å². The molecule has 4 aromatic rings. The quantitative estimate of drug-likeness (QED) is 0.309. The molecule has 1 N–H and O–H groups in total. The largest absolute Gasteiger partial charge is 0.351 e. The first-order chi connectivity index (χ1) is 17.1. The van der Waals surface area contributed by atoms with Gasteiger partial charge in [-0.1, -0.05) is 85.7 Å². The molecular weight excluding hydrogens is 452 g/mol. The minimum atomic E-state index is -0.205. The van der Waals surface area contributed by atoms with E-state index in [4.69, 9.17) is 21.7 Å². The normalized spacial score (nSPS) is 15.9. The Morgan fingerprint density at radius 1 is 0.886 bits per heavy atom. The van der Waals surface area contributed by atoms with Gasteiger partial charge in [0.2, 0.25) is 5.82 Å². The number of hydrogen-bond donors (Lipinski definition) is 1. The Morgan fingerprint density at radius 2 is 1.51 bits per heavy atom. The number of nitrogens with zero attached hydrogens (tertiary/aromatic N) is 3. The lowest BCUT2D eigenvalue weighted by atomic mass is 9.93. The van der Waals surface area contributed by atoms with E-state index >= 15 is 0 Å². The third-order valence-corrected chi connectivity index (χ3v) is 6.80. The summed E-state index contributed by atoms with van der Waals surface area (Å²) < 4.78 is 5.85. The van der Waals surface area contributed by atoms with Gasteiger partial charge < -0.3 is 9.84 Å². The number of anilines is 1. The summed E-state index contributed by atoms with van der Waals surface area (Å²) in [6.45, 7) is 6.37. The van der Waals surface area contributed by atoms with Crippen molar-refractivity contribution in [3.8, 4) is 11.4 Å². The van der Waals surface area contributed by atoms with Crippen molar-refractivity contribution in [2.45, 2.75) is 39.7 Å². The molecule has 1 aliphatic rings. The Bertz CT molecular complexity index is 1360. The van der Waals surface area contributed by atoms with E-state index in [0.29, 0.717) is 16.8 Å². The summed E-state index contributed by atoms with van der Waals surface area (Å²) in [5.41, 5.74) is 7.46. The summed E-state index contributed by atoms with van der Waals surface area (Å²) in [6.07, 6.45) is 1.98. The zero-order valence-corrected chi connectivity index (χ0v) is 21.0. The maximum absolute atomic E-state index is 5.87. The Morgan fingerprint density at radius 3 is 2.14 bits per heavy atom. The van der Waals surface area contributed by atoms with Crippen LogP contribution in [0.5, 0.6) is 0 Å². The fraction of sp³-hybridized carbons (Fsp3) is 0.207. The summed E-state index contributed by atoms with van der Waals surface area (Å²) in [4.78, 5) is 6.85. The summed E-state index contributed by atoms with van der Waals surface area (Å²) in [5, 5.41) is 8.48. The number of aryl methyl sites for hydroxylation is 2. The Hall–Kier alpha value is -3.77. The number of aromatic nitrogens is 2. The summed E-state index contributed by atoms with van der Waals surface area (Å²) >= 11 is 5.87. The van der Waals surface area contributed by atoms with Crippen LogP contribution in [0, 0.1) is 0 Å². The minimum Gasteiger partial charge on any atom is -0.351 e. The number of nitrogens with one attached hydrogen (secondary N) is 1. The number of hydrogen-bond acceptors (Lipinski definition) is 4. The summed E-state index contributed by atoms with van der Waals surface area (Å²) in [6, 6.07) is 26.8. The third-order valence-electron chi connectivity index (χ3n) is 6.50. The summed E-state index contributed by atoms with van der Waals surface area (Å²) in [7, 11) is 0. The molecule has 3 aromatic carbocycles. The topological polar surface area (TPSA) is 54.2 Å². The van der Waals surface area contributed by atoms with Crippen molar-refractivity contribution in [1.29, 1.82) is 0 Å². The molecule has 0 radical (unpaired) electrons. The predicted molar refractivity (Wildman–Crippen MR) is 145 cm³/mol. The van der Waals surface area contributed by atoms with Gasteiger partial charge in [0.15, 0.2) is 5.11 Å². The molecule has 5 nitrogen and oxygen atoms in total. The monoisotopic (exact) mass is 480 g/mol.